The van der Waals surface area contributed by atoms with E-state index < -0.39 is 0 Å². The van der Waals surface area contributed by atoms with Crippen molar-refractivity contribution in [1.82, 2.24) is 9.55 Å². The Balaban J connectivity index is 2.37. The zero-order chi connectivity index (χ0) is 11.5. The molecular weight excluding hydrogens is 228 g/mol. The average molecular weight is 239 g/mol. The van der Waals surface area contributed by atoms with Crippen molar-refractivity contribution in [2.45, 2.75) is 6.61 Å². The SMILES string of the molecule is COc1ccc(-n2cnc(CO)c2)cc1Cl. The number of hydrogen-bond acceptors (Lipinski definition) is 3. The minimum Gasteiger partial charge on any atom is -0.495 e. The van der Waals surface area contributed by atoms with Gasteiger partial charge in [0.1, 0.15) is 5.75 Å². The van der Waals surface area contributed by atoms with E-state index in [2.05, 4.69) is 4.98 Å². The van der Waals surface area contributed by atoms with Crippen LogP contribution in [0.3, 0.4) is 0 Å². The third-order valence-electron chi connectivity index (χ3n) is 2.23. The van der Waals surface area contributed by atoms with E-state index in [0.717, 1.165) is 5.69 Å². The van der Waals surface area contributed by atoms with Gasteiger partial charge in [-0.25, -0.2) is 4.98 Å². The van der Waals surface area contributed by atoms with E-state index in [0.29, 0.717) is 16.5 Å². The molecule has 0 bridgehead atoms. The number of aliphatic hydroxyl groups excluding tert-OH is 1. The van der Waals surface area contributed by atoms with Crippen LogP contribution in [-0.4, -0.2) is 21.8 Å². The molecule has 1 N–H and O–H groups in total. The highest BCUT2D eigenvalue weighted by Crippen LogP contribution is 2.26. The largest absolute Gasteiger partial charge is 0.495 e. The maximum atomic E-state index is 8.91. The lowest BCUT2D eigenvalue weighted by molar-refractivity contribution is 0.277. The first kappa shape index (κ1) is 11.0. The Morgan fingerprint density at radius 2 is 2.31 bits per heavy atom. The zero-order valence-corrected chi connectivity index (χ0v) is 9.48. The second-order valence-electron chi connectivity index (χ2n) is 3.25. The number of aromatic nitrogens is 2. The van der Waals surface area contributed by atoms with Gasteiger partial charge in [-0.2, -0.15) is 0 Å². The molecule has 0 aliphatic carbocycles. The number of aliphatic hydroxyl groups is 1. The Morgan fingerprint density at radius 1 is 1.50 bits per heavy atom. The number of imidazole rings is 1. The summed E-state index contributed by atoms with van der Waals surface area (Å²) in [6, 6.07) is 5.44. The van der Waals surface area contributed by atoms with Crippen molar-refractivity contribution in [2.24, 2.45) is 0 Å². The summed E-state index contributed by atoms with van der Waals surface area (Å²) in [6.07, 6.45) is 3.38. The molecule has 5 heteroatoms. The fraction of sp³-hybridized carbons (Fsp3) is 0.182. The Bertz CT molecular complexity index is 496. The van der Waals surface area contributed by atoms with Crippen LogP contribution in [0.1, 0.15) is 5.69 Å². The van der Waals surface area contributed by atoms with Crippen molar-refractivity contribution >= 4 is 11.6 Å². The summed E-state index contributed by atoms with van der Waals surface area (Å²) in [5, 5.41) is 9.45. The summed E-state index contributed by atoms with van der Waals surface area (Å²) in [6.45, 7) is -0.0725. The van der Waals surface area contributed by atoms with Crippen LogP contribution < -0.4 is 4.74 Å². The topological polar surface area (TPSA) is 47.3 Å². The van der Waals surface area contributed by atoms with Gasteiger partial charge >= 0.3 is 0 Å². The summed E-state index contributed by atoms with van der Waals surface area (Å²) in [5.41, 5.74) is 1.49. The number of hydrogen-bond donors (Lipinski definition) is 1. The lowest BCUT2D eigenvalue weighted by Crippen LogP contribution is -1.91. The maximum absolute atomic E-state index is 8.91. The van der Waals surface area contributed by atoms with Crippen LogP contribution in [0.25, 0.3) is 5.69 Å². The zero-order valence-electron chi connectivity index (χ0n) is 8.72. The van der Waals surface area contributed by atoms with E-state index in [-0.39, 0.29) is 6.61 Å². The van der Waals surface area contributed by atoms with Crippen LogP contribution in [0, 0.1) is 0 Å². The molecule has 16 heavy (non-hydrogen) atoms. The van der Waals surface area contributed by atoms with Gasteiger partial charge in [0, 0.05) is 11.9 Å². The van der Waals surface area contributed by atoms with Gasteiger partial charge in [0.25, 0.3) is 0 Å². The predicted molar refractivity (Wildman–Crippen MR) is 61.0 cm³/mol. The fourth-order valence-electron chi connectivity index (χ4n) is 1.40. The van der Waals surface area contributed by atoms with Crippen LogP contribution in [0.15, 0.2) is 30.7 Å². The van der Waals surface area contributed by atoms with E-state index in [1.54, 1.807) is 36.3 Å². The first-order chi connectivity index (χ1) is 7.74. The highest BCUT2D eigenvalue weighted by atomic mass is 35.5. The molecule has 0 fully saturated rings. The standard InChI is InChI=1S/C11H11ClN2O2/c1-16-11-3-2-9(4-10(11)12)14-5-8(6-15)13-7-14/h2-5,7,15H,6H2,1H3. The Labute approximate surface area is 98.1 Å². The third kappa shape index (κ3) is 2.03. The van der Waals surface area contributed by atoms with E-state index in [4.69, 9.17) is 21.4 Å². The van der Waals surface area contributed by atoms with Crippen molar-refractivity contribution in [3.8, 4) is 11.4 Å². The molecule has 1 aromatic heterocycles. The van der Waals surface area contributed by atoms with Crippen LogP contribution in [-0.2, 0) is 6.61 Å². The first-order valence-corrected chi connectivity index (χ1v) is 5.10. The van der Waals surface area contributed by atoms with Crippen molar-refractivity contribution in [3.63, 3.8) is 0 Å². The van der Waals surface area contributed by atoms with Crippen LogP contribution in [0.5, 0.6) is 5.75 Å². The average Bonchev–Trinajstić information content (AvgIpc) is 2.77. The molecule has 0 saturated heterocycles. The maximum Gasteiger partial charge on any atom is 0.137 e. The molecule has 0 atom stereocenters. The van der Waals surface area contributed by atoms with Gasteiger partial charge in [0.2, 0.25) is 0 Å². The molecule has 0 aliphatic rings. The second kappa shape index (κ2) is 4.55. The molecule has 0 amide bonds. The molecule has 0 radical (unpaired) electrons. The van der Waals surface area contributed by atoms with Gasteiger partial charge in [0.15, 0.2) is 0 Å². The van der Waals surface area contributed by atoms with Gasteiger partial charge < -0.3 is 14.4 Å². The molecule has 1 heterocycles. The Hall–Kier alpha value is -1.52. The minimum atomic E-state index is -0.0725. The predicted octanol–water partition coefficient (Wildman–Crippen LogP) is 2.03. The van der Waals surface area contributed by atoms with E-state index >= 15 is 0 Å². The Kier molecular flexibility index (Phi) is 3.12. The number of nitrogens with zero attached hydrogens (tertiary/aromatic N) is 2. The number of benzene rings is 1. The first-order valence-electron chi connectivity index (χ1n) is 4.72. The molecule has 2 rings (SSSR count). The molecule has 0 saturated carbocycles. The molecule has 4 nitrogen and oxygen atoms in total. The smallest absolute Gasteiger partial charge is 0.137 e. The van der Waals surface area contributed by atoms with E-state index in [9.17, 15) is 0 Å². The summed E-state index contributed by atoms with van der Waals surface area (Å²) in [5.74, 6) is 0.632. The number of halogens is 1. The second-order valence-corrected chi connectivity index (χ2v) is 3.66. The van der Waals surface area contributed by atoms with Crippen molar-refractivity contribution in [1.29, 1.82) is 0 Å². The molecule has 0 aliphatic heterocycles. The molecule has 2 aromatic rings. The van der Waals surface area contributed by atoms with E-state index in [1.165, 1.54) is 0 Å². The van der Waals surface area contributed by atoms with Crippen LogP contribution >= 0.6 is 11.6 Å². The monoisotopic (exact) mass is 238 g/mol. The quantitative estimate of drug-likeness (QED) is 0.890. The molecule has 84 valence electrons. The number of rotatable bonds is 3. The van der Waals surface area contributed by atoms with Crippen LogP contribution in [0.2, 0.25) is 5.02 Å². The van der Waals surface area contributed by atoms with Gasteiger partial charge in [0.05, 0.1) is 30.8 Å². The normalized spacial score (nSPS) is 10.4. The number of ether oxygens (including phenoxy) is 1. The van der Waals surface area contributed by atoms with Gasteiger partial charge in [-0.05, 0) is 18.2 Å². The summed E-state index contributed by atoms with van der Waals surface area (Å²) >= 11 is 6.01. The molecule has 0 spiro atoms. The lowest BCUT2D eigenvalue weighted by Gasteiger charge is -2.06. The molecular formula is C11H11ClN2O2. The number of methoxy groups -OCH3 is 1. The third-order valence-corrected chi connectivity index (χ3v) is 2.53. The van der Waals surface area contributed by atoms with Gasteiger partial charge in [-0.1, -0.05) is 11.6 Å². The highest BCUT2D eigenvalue weighted by molar-refractivity contribution is 6.32. The molecule has 1 aromatic carbocycles. The van der Waals surface area contributed by atoms with E-state index in [1.807, 2.05) is 6.07 Å². The molecule has 0 unspecified atom stereocenters. The minimum absolute atomic E-state index is 0.0725. The van der Waals surface area contributed by atoms with Gasteiger partial charge in [-0.15, -0.1) is 0 Å². The summed E-state index contributed by atoms with van der Waals surface area (Å²) < 4.78 is 6.85. The highest BCUT2D eigenvalue weighted by Gasteiger charge is 2.04. The summed E-state index contributed by atoms with van der Waals surface area (Å²) in [4.78, 5) is 4.02. The van der Waals surface area contributed by atoms with Crippen molar-refractivity contribution in [2.75, 3.05) is 7.11 Å². The van der Waals surface area contributed by atoms with Crippen LogP contribution in [0.4, 0.5) is 0 Å². The Morgan fingerprint density at radius 3 is 2.88 bits per heavy atom. The van der Waals surface area contributed by atoms with Gasteiger partial charge in [-0.3, -0.25) is 0 Å². The van der Waals surface area contributed by atoms with Crippen molar-refractivity contribution in [3.05, 3.63) is 41.4 Å². The lowest BCUT2D eigenvalue weighted by atomic mass is 10.3. The fourth-order valence-corrected chi connectivity index (χ4v) is 1.65. The van der Waals surface area contributed by atoms with Crippen molar-refractivity contribution < 1.29 is 9.84 Å². The summed E-state index contributed by atoms with van der Waals surface area (Å²) in [7, 11) is 1.57.